The van der Waals surface area contributed by atoms with Gasteiger partial charge in [0.15, 0.2) is 0 Å². The first-order valence-corrected chi connectivity index (χ1v) is 8.48. The molecule has 0 amide bonds. The molecule has 2 unspecified atom stereocenters. The summed E-state index contributed by atoms with van der Waals surface area (Å²) < 4.78 is 28.6. The van der Waals surface area contributed by atoms with Gasteiger partial charge in [0, 0.05) is 25.7 Å². The predicted molar refractivity (Wildman–Crippen MR) is 80.3 cm³/mol. The number of hydrogen-bond donors (Lipinski definition) is 2. The molecule has 0 bridgehead atoms. The minimum absolute atomic E-state index is 0.219. The van der Waals surface area contributed by atoms with Crippen LogP contribution in [0.4, 0.5) is 0 Å². The zero-order valence-electron chi connectivity index (χ0n) is 11.8. The van der Waals surface area contributed by atoms with Gasteiger partial charge >= 0.3 is 0 Å². The lowest BCUT2D eigenvalue weighted by Crippen LogP contribution is -2.47. The van der Waals surface area contributed by atoms with E-state index in [1.54, 1.807) is 0 Å². The summed E-state index contributed by atoms with van der Waals surface area (Å²) in [5.41, 5.74) is 6.95. The van der Waals surface area contributed by atoms with Gasteiger partial charge < -0.3 is 5.73 Å². The average molecular weight is 297 g/mol. The van der Waals surface area contributed by atoms with Gasteiger partial charge in [-0.1, -0.05) is 37.3 Å². The highest BCUT2D eigenvalue weighted by Gasteiger charge is 2.27. The second kappa shape index (κ2) is 6.67. The van der Waals surface area contributed by atoms with E-state index in [0.29, 0.717) is 19.0 Å². The van der Waals surface area contributed by atoms with Crippen molar-refractivity contribution in [1.82, 2.24) is 9.03 Å². The van der Waals surface area contributed by atoms with Crippen molar-refractivity contribution in [3.05, 3.63) is 35.9 Å². The molecule has 1 aliphatic rings. The van der Waals surface area contributed by atoms with E-state index in [-0.39, 0.29) is 12.6 Å². The van der Waals surface area contributed by atoms with Gasteiger partial charge in [-0.05, 0) is 24.3 Å². The minimum Gasteiger partial charge on any atom is -0.323 e. The maximum absolute atomic E-state index is 12.2. The van der Waals surface area contributed by atoms with Crippen molar-refractivity contribution >= 4 is 10.2 Å². The zero-order chi connectivity index (χ0) is 14.6. The lowest BCUT2D eigenvalue weighted by molar-refractivity contribution is 0.278. The van der Waals surface area contributed by atoms with E-state index < -0.39 is 10.2 Å². The summed E-state index contributed by atoms with van der Waals surface area (Å²) in [6.45, 7) is 3.49. The van der Waals surface area contributed by atoms with Gasteiger partial charge in [0.2, 0.25) is 0 Å². The second-order valence-electron chi connectivity index (χ2n) is 5.48. The van der Waals surface area contributed by atoms with Crippen LogP contribution in [-0.2, 0) is 10.2 Å². The van der Waals surface area contributed by atoms with Crippen molar-refractivity contribution in [3.8, 4) is 0 Å². The molecule has 112 valence electrons. The van der Waals surface area contributed by atoms with Crippen LogP contribution in [0.3, 0.4) is 0 Å². The third-order valence-electron chi connectivity index (χ3n) is 3.67. The molecular formula is C14H23N3O2S. The molecule has 1 aromatic carbocycles. The number of rotatable bonds is 5. The molecule has 1 heterocycles. The molecule has 1 aliphatic heterocycles. The standard InChI is InChI=1S/C14H23N3O2S/c1-12-6-5-9-17(11-12)20(18,19)16-10-14(15)13-7-3-2-4-8-13/h2-4,7-8,12,14,16H,5-6,9-11,15H2,1H3. The Hall–Kier alpha value is -0.950. The molecule has 0 radical (unpaired) electrons. The number of nitrogens with zero attached hydrogens (tertiary/aromatic N) is 1. The van der Waals surface area contributed by atoms with Gasteiger partial charge in [-0.3, -0.25) is 0 Å². The summed E-state index contributed by atoms with van der Waals surface area (Å²) in [7, 11) is -3.42. The Morgan fingerprint density at radius 1 is 1.40 bits per heavy atom. The second-order valence-corrected chi connectivity index (χ2v) is 7.23. The van der Waals surface area contributed by atoms with Crippen molar-refractivity contribution in [2.45, 2.75) is 25.8 Å². The molecule has 1 fully saturated rings. The van der Waals surface area contributed by atoms with Crippen molar-refractivity contribution in [1.29, 1.82) is 0 Å². The lowest BCUT2D eigenvalue weighted by Gasteiger charge is -2.30. The van der Waals surface area contributed by atoms with Crippen LogP contribution in [0, 0.1) is 5.92 Å². The first kappa shape index (κ1) is 15.4. The highest BCUT2D eigenvalue weighted by molar-refractivity contribution is 7.87. The molecule has 0 aliphatic carbocycles. The Morgan fingerprint density at radius 3 is 2.75 bits per heavy atom. The fourth-order valence-corrected chi connectivity index (χ4v) is 3.86. The van der Waals surface area contributed by atoms with E-state index in [9.17, 15) is 8.42 Å². The molecule has 1 saturated heterocycles. The normalized spacial score (nSPS) is 22.6. The van der Waals surface area contributed by atoms with E-state index in [4.69, 9.17) is 5.73 Å². The molecule has 20 heavy (non-hydrogen) atoms. The van der Waals surface area contributed by atoms with E-state index >= 15 is 0 Å². The maximum atomic E-state index is 12.2. The largest absolute Gasteiger partial charge is 0.323 e. The van der Waals surface area contributed by atoms with Crippen LogP contribution in [-0.4, -0.2) is 32.4 Å². The van der Waals surface area contributed by atoms with Gasteiger partial charge in [-0.25, -0.2) is 4.72 Å². The first-order valence-electron chi connectivity index (χ1n) is 7.04. The molecule has 2 rings (SSSR count). The molecule has 0 aromatic heterocycles. The van der Waals surface area contributed by atoms with Crippen LogP contribution in [0.5, 0.6) is 0 Å². The highest BCUT2D eigenvalue weighted by atomic mass is 32.2. The smallest absolute Gasteiger partial charge is 0.279 e. The van der Waals surface area contributed by atoms with Crippen LogP contribution >= 0.6 is 0 Å². The van der Waals surface area contributed by atoms with Crippen LogP contribution in [0.1, 0.15) is 31.4 Å². The van der Waals surface area contributed by atoms with Crippen LogP contribution < -0.4 is 10.5 Å². The van der Waals surface area contributed by atoms with Crippen molar-refractivity contribution in [2.75, 3.05) is 19.6 Å². The lowest BCUT2D eigenvalue weighted by atomic mass is 10.0. The molecule has 0 saturated carbocycles. The number of nitrogens with two attached hydrogens (primary N) is 1. The van der Waals surface area contributed by atoms with Gasteiger partial charge in [0.05, 0.1) is 0 Å². The van der Waals surface area contributed by atoms with Crippen LogP contribution in [0.2, 0.25) is 0 Å². The number of nitrogens with one attached hydrogen (secondary N) is 1. The maximum Gasteiger partial charge on any atom is 0.279 e. The molecule has 5 nitrogen and oxygen atoms in total. The molecule has 0 spiro atoms. The number of piperidine rings is 1. The summed E-state index contributed by atoms with van der Waals surface area (Å²) in [4.78, 5) is 0. The minimum atomic E-state index is -3.42. The molecule has 1 aromatic rings. The van der Waals surface area contributed by atoms with E-state index in [1.807, 2.05) is 30.3 Å². The van der Waals surface area contributed by atoms with Crippen LogP contribution in [0.15, 0.2) is 30.3 Å². The Labute approximate surface area is 121 Å². The van der Waals surface area contributed by atoms with Gasteiger partial charge in [-0.15, -0.1) is 0 Å². The number of benzene rings is 1. The Kier molecular flexibility index (Phi) is 5.15. The predicted octanol–water partition coefficient (Wildman–Crippen LogP) is 1.25. The van der Waals surface area contributed by atoms with E-state index in [2.05, 4.69) is 11.6 Å². The third kappa shape index (κ3) is 4.02. The van der Waals surface area contributed by atoms with Gasteiger partial charge in [0.1, 0.15) is 0 Å². The Bertz CT molecular complexity index is 518. The molecule has 2 atom stereocenters. The number of hydrogen-bond acceptors (Lipinski definition) is 3. The van der Waals surface area contributed by atoms with Crippen molar-refractivity contribution in [3.63, 3.8) is 0 Å². The summed E-state index contributed by atoms with van der Waals surface area (Å²) in [5.74, 6) is 0.420. The van der Waals surface area contributed by atoms with Crippen molar-refractivity contribution < 1.29 is 8.42 Å². The Balaban J connectivity index is 1.92. The SMILES string of the molecule is CC1CCCN(S(=O)(=O)NCC(N)c2ccccc2)C1. The summed E-state index contributed by atoms with van der Waals surface area (Å²) >= 11 is 0. The van der Waals surface area contributed by atoms with Crippen LogP contribution in [0.25, 0.3) is 0 Å². The van der Waals surface area contributed by atoms with Gasteiger partial charge in [-0.2, -0.15) is 12.7 Å². The fraction of sp³-hybridized carbons (Fsp3) is 0.571. The topological polar surface area (TPSA) is 75.4 Å². The van der Waals surface area contributed by atoms with Crippen molar-refractivity contribution in [2.24, 2.45) is 11.7 Å². The first-order chi connectivity index (χ1) is 9.49. The zero-order valence-corrected chi connectivity index (χ0v) is 12.6. The van der Waals surface area contributed by atoms with E-state index in [1.165, 1.54) is 4.31 Å². The molecule has 6 heteroatoms. The fourth-order valence-electron chi connectivity index (χ4n) is 2.47. The summed E-state index contributed by atoms with van der Waals surface area (Å²) in [5, 5.41) is 0. The molecule has 3 N–H and O–H groups in total. The quantitative estimate of drug-likeness (QED) is 0.859. The third-order valence-corrected chi connectivity index (χ3v) is 5.22. The van der Waals surface area contributed by atoms with Gasteiger partial charge in [0.25, 0.3) is 10.2 Å². The average Bonchev–Trinajstić information content (AvgIpc) is 2.46. The highest BCUT2D eigenvalue weighted by Crippen LogP contribution is 2.18. The molecular weight excluding hydrogens is 274 g/mol. The summed E-state index contributed by atoms with van der Waals surface area (Å²) in [6.07, 6.45) is 2.02. The van der Waals surface area contributed by atoms with E-state index in [0.717, 1.165) is 18.4 Å². The monoisotopic (exact) mass is 297 g/mol. The Morgan fingerprint density at radius 2 is 2.10 bits per heavy atom. The summed E-state index contributed by atoms with van der Waals surface area (Å²) in [6, 6.07) is 9.19.